The number of aliphatic hydroxyl groups is 1. The van der Waals surface area contributed by atoms with Gasteiger partial charge in [0.2, 0.25) is 0 Å². The number of thioether (sulfide) groups is 1. The van der Waals surface area contributed by atoms with Gasteiger partial charge in [-0.25, -0.2) is 0 Å². The van der Waals surface area contributed by atoms with Crippen molar-refractivity contribution in [3.63, 3.8) is 0 Å². The molecule has 0 saturated heterocycles. The van der Waals surface area contributed by atoms with Crippen molar-refractivity contribution in [3.05, 3.63) is 28.9 Å². The molecule has 1 aromatic heterocycles. The number of nitrogen functional groups attached to an aromatic ring is 1. The maximum Gasteiger partial charge on any atom is 0.0743 e. The zero-order valence-corrected chi connectivity index (χ0v) is 13.8. The first kappa shape index (κ1) is 15.4. The van der Waals surface area contributed by atoms with Crippen molar-refractivity contribution in [2.24, 2.45) is 0 Å². The van der Waals surface area contributed by atoms with E-state index in [1.807, 2.05) is 31.4 Å². The lowest BCUT2D eigenvalue weighted by atomic mass is 10.1. The predicted molar refractivity (Wildman–Crippen MR) is 91.3 cm³/mol. The number of halogens is 1. The maximum atomic E-state index is 9.39. The number of hydrogen-bond acceptors (Lipinski definition) is 5. The van der Waals surface area contributed by atoms with Gasteiger partial charge < -0.3 is 16.2 Å². The lowest BCUT2D eigenvalue weighted by Crippen LogP contribution is -2.31. The molecule has 1 heterocycles. The van der Waals surface area contributed by atoms with E-state index in [2.05, 4.69) is 26.2 Å². The van der Waals surface area contributed by atoms with Crippen molar-refractivity contribution in [1.29, 1.82) is 0 Å². The summed E-state index contributed by atoms with van der Waals surface area (Å²) in [4.78, 5) is 4.33. The Morgan fingerprint density at radius 1 is 1.50 bits per heavy atom. The Morgan fingerprint density at radius 2 is 2.25 bits per heavy atom. The Labute approximate surface area is 131 Å². The molecule has 0 amide bonds. The van der Waals surface area contributed by atoms with Gasteiger partial charge in [0, 0.05) is 21.2 Å². The van der Waals surface area contributed by atoms with E-state index < -0.39 is 0 Å². The van der Waals surface area contributed by atoms with Gasteiger partial charge in [-0.15, -0.1) is 0 Å². The average molecular weight is 356 g/mol. The van der Waals surface area contributed by atoms with Gasteiger partial charge in [-0.2, -0.15) is 11.8 Å². The van der Waals surface area contributed by atoms with Gasteiger partial charge in [-0.05, 0) is 31.4 Å². The van der Waals surface area contributed by atoms with Gasteiger partial charge in [0.05, 0.1) is 29.7 Å². The third-order valence-corrected chi connectivity index (χ3v) is 4.93. The predicted octanol–water partition coefficient (Wildman–Crippen LogP) is 3.10. The summed E-state index contributed by atoms with van der Waals surface area (Å²) in [5.41, 5.74) is 8.43. The molecule has 1 aromatic carbocycles. The Morgan fingerprint density at radius 3 is 2.90 bits per heavy atom. The molecule has 20 heavy (non-hydrogen) atoms. The molecule has 0 aliphatic carbocycles. The first-order chi connectivity index (χ1) is 9.56. The quantitative estimate of drug-likeness (QED) is 0.768. The molecule has 0 aliphatic heterocycles. The normalized spacial score (nSPS) is 14.2. The first-order valence-corrected chi connectivity index (χ1v) is 8.38. The average Bonchev–Trinajstić information content (AvgIpc) is 2.43. The molecule has 0 radical (unpaired) electrons. The number of nitrogens with zero attached hydrogens (tertiary/aromatic N) is 1. The summed E-state index contributed by atoms with van der Waals surface area (Å²) >= 11 is 5.11. The Bertz CT molecular complexity index is 599. The minimum Gasteiger partial charge on any atom is -0.396 e. The van der Waals surface area contributed by atoms with Crippen LogP contribution in [0.4, 0.5) is 11.4 Å². The van der Waals surface area contributed by atoms with Crippen LogP contribution in [0.15, 0.2) is 28.9 Å². The van der Waals surface area contributed by atoms with Crippen molar-refractivity contribution >= 4 is 50.0 Å². The molecule has 0 spiro atoms. The fourth-order valence-corrected chi connectivity index (χ4v) is 3.09. The molecule has 4 nitrogen and oxygen atoms in total. The molecule has 6 heteroatoms. The zero-order valence-electron chi connectivity index (χ0n) is 11.4. The summed E-state index contributed by atoms with van der Waals surface area (Å²) in [6.45, 7) is 2.17. The topological polar surface area (TPSA) is 71.2 Å². The van der Waals surface area contributed by atoms with Gasteiger partial charge in [-0.1, -0.05) is 15.9 Å². The van der Waals surface area contributed by atoms with E-state index >= 15 is 0 Å². The molecule has 2 atom stereocenters. The summed E-state index contributed by atoms with van der Waals surface area (Å²) in [5.74, 6) is 0. The van der Waals surface area contributed by atoms with Crippen LogP contribution in [0.1, 0.15) is 6.92 Å². The standard InChI is InChI=1S/C14H18BrN3OS/c1-8(13(7-19)20-2)18-14-10-5-9(15)3-4-12(10)17-6-11(14)16/h3-6,8,13,19H,7,16H2,1-2H3,(H,17,18). The van der Waals surface area contributed by atoms with Gasteiger partial charge in [0.1, 0.15) is 0 Å². The highest BCUT2D eigenvalue weighted by Gasteiger charge is 2.17. The van der Waals surface area contributed by atoms with Gasteiger partial charge in [0.25, 0.3) is 0 Å². The van der Waals surface area contributed by atoms with Crippen molar-refractivity contribution < 1.29 is 5.11 Å². The highest BCUT2D eigenvalue weighted by molar-refractivity contribution is 9.10. The van der Waals surface area contributed by atoms with Gasteiger partial charge in [-0.3, -0.25) is 4.98 Å². The minimum atomic E-state index is 0.0990. The molecule has 0 saturated carbocycles. The van der Waals surface area contributed by atoms with E-state index in [-0.39, 0.29) is 17.9 Å². The minimum absolute atomic E-state index is 0.0990. The molecule has 4 N–H and O–H groups in total. The number of rotatable bonds is 5. The highest BCUT2D eigenvalue weighted by Crippen LogP contribution is 2.31. The summed E-state index contributed by atoms with van der Waals surface area (Å²) in [6, 6.07) is 6.01. The lowest BCUT2D eigenvalue weighted by Gasteiger charge is -2.24. The van der Waals surface area contributed by atoms with E-state index in [1.54, 1.807) is 18.0 Å². The summed E-state index contributed by atoms with van der Waals surface area (Å²) in [5, 5.41) is 13.9. The van der Waals surface area contributed by atoms with E-state index in [4.69, 9.17) is 5.73 Å². The Balaban J connectivity index is 2.42. The number of aliphatic hydroxyl groups excluding tert-OH is 1. The van der Waals surface area contributed by atoms with Crippen LogP contribution in [0.5, 0.6) is 0 Å². The van der Waals surface area contributed by atoms with Crippen LogP contribution in [0.25, 0.3) is 10.9 Å². The van der Waals surface area contributed by atoms with E-state index in [9.17, 15) is 5.11 Å². The van der Waals surface area contributed by atoms with Crippen LogP contribution in [0.3, 0.4) is 0 Å². The van der Waals surface area contributed by atoms with Crippen LogP contribution in [0, 0.1) is 0 Å². The number of aromatic nitrogens is 1. The van der Waals surface area contributed by atoms with Crippen molar-refractivity contribution in [3.8, 4) is 0 Å². The van der Waals surface area contributed by atoms with Crippen LogP contribution >= 0.6 is 27.7 Å². The number of nitrogens with one attached hydrogen (secondary N) is 1. The second-order valence-electron chi connectivity index (χ2n) is 4.64. The summed E-state index contributed by atoms with van der Waals surface area (Å²) in [7, 11) is 0. The monoisotopic (exact) mass is 355 g/mol. The maximum absolute atomic E-state index is 9.39. The number of fused-ring (bicyclic) bond motifs is 1. The third kappa shape index (κ3) is 3.19. The van der Waals surface area contributed by atoms with Crippen LogP contribution in [-0.2, 0) is 0 Å². The Kier molecular flexibility index (Phi) is 5.12. The fourth-order valence-electron chi connectivity index (χ4n) is 2.10. The van der Waals surface area contributed by atoms with Crippen molar-refractivity contribution in [2.75, 3.05) is 23.9 Å². The Hall–Kier alpha value is -0.980. The second kappa shape index (κ2) is 6.65. The van der Waals surface area contributed by atoms with Crippen LogP contribution < -0.4 is 11.1 Å². The SMILES string of the molecule is CSC(CO)C(C)Nc1c(N)cnc2ccc(Br)cc12. The summed E-state index contributed by atoms with van der Waals surface area (Å²) in [6.07, 6.45) is 3.65. The zero-order chi connectivity index (χ0) is 14.7. The van der Waals surface area contributed by atoms with Crippen LogP contribution in [0.2, 0.25) is 0 Å². The molecule has 2 unspecified atom stereocenters. The molecule has 0 bridgehead atoms. The molecule has 2 rings (SSSR count). The molecule has 0 aliphatic rings. The largest absolute Gasteiger partial charge is 0.396 e. The van der Waals surface area contributed by atoms with Gasteiger partial charge in [0.15, 0.2) is 0 Å². The lowest BCUT2D eigenvalue weighted by molar-refractivity contribution is 0.288. The molecule has 0 fully saturated rings. The van der Waals surface area contributed by atoms with E-state index in [1.165, 1.54) is 0 Å². The van der Waals surface area contributed by atoms with Crippen molar-refractivity contribution in [1.82, 2.24) is 4.98 Å². The van der Waals surface area contributed by atoms with Crippen molar-refractivity contribution in [2.45, 2.75) is 18.2 Å². The number of hydrogen-bond donors (Lipinski definition) is 3. The third-order valence-electron chi connectivity index (χ3n) is 3.27. The molecular formula is C14H18BrN3OS. The first-order valence-electron chi connectivity index (χ1n) is 6.30. The number of nitrogens with two attached hydrogens (primary N) is 1. The van der Waals surface area contributed by atoms with Crippen LogP contribution in [-0.4, -0.2) is 34.2 Å². The number of anilines is 2. The van der Waals surface area contributed by atoms with E-state index in [0.29, 0.717) is 5.69 Å². The van der Waals surface area contributed by atoms with Gasteiger partial charge >= 0.3 is 0 Å². The highest BCUT2D eigenvalue weighted by atomic mass is 79.9. The smallest absolute Gasteiger partial charge is 0.0743 e. The summed E-state index contributed by atoms with van der Waals surface area (Å²) < 4.78 is 0.983. The number of benzene rings is 1. The second-order valence-corrected chi connectivity index (χ2v) is 6.63. The van der Waals surface area contributed by atoms with E-state index in [0.717, 1.165) is 21.1 Å². The molecule has 108 valence electrons. The number of pyridine rings is 1. The molecular weight excluding hydrogens is 338 g/mol. The fraction of sp³-hybridized carbons (Fsp3) is 0.357. The molecule has 2 aromatic rings.